The topological polar surface area (TPSA) is 68.0 Å². The Bertz CT molecular complexity index is 655. The van der Waals surface area contributed by atoms with E-state index >= 15 is 0 Å². The van der Waals surface area contributed by atoms with Gasteiger partial charge < -0.3 is 11.1 Å². The number of aryl methyl sites for hydroxylation is 1. The van der Waals surface area contributed by atoms with Gasteiger partial charge in [0.25, 0.3) is 5.91 Å². The average molecular weight is 285 g/mol. The van der Waals surface area contributed by atoms with Crippen LogP contribution in [-0.2, 0) is 6.54 Å². The quantitative estimate of drug-likeness (QED) is 0.843. The monoisotopic (exact) mass is 285 g/mol. The summed E-state index contributed by atoms with van der Waals surface area (Å²) < 4.78 is 0. The lowest BCUT2D eigenvalue weighted by Gasteiger charge is -2.07. The minimum Gasteiger partial charge on any atom is -0.389 e. The molecule has 2 rings (SSSR count). The summed E-state index contributed by atoms with van der Waals surface area (Å²) in [5.74, 6) is -0.128. The standard InChI is InChI=1S/C15H15N3OS/c1-10-7-13(5-6-17-10)15(19)18-9-11-3-2-4-12(8-11)14(16)20/h2-8H,9H2,1H3,(H2,16,20)(H,18,19). The minimum atomic E-state index is -0.128. The molecule has 0 atom stereocenters. The molecule has 20 heavy (non-hydrogen) atoms. The molecular weight excluding hydrogens is 270 g/mol. The van der Waals surface area contributed by atoms with Crippen LogP contribution >= 0.6 is 12.2 Å². The zero-order valence-corrected chi connectivity index (χ0v) is 11.9. The van der Waals surface area contributed by atoms with Crippen LogP contribution in [0.3, 0.4) is 0 Å². The van der Waals surface area contributed by atoms with Gasteiger partial charge in [-0.1, -0.05) is 30.4 Å². The number of carbonyl (C=O) groups is 1. The molecule has 0 aliphatic heterocycles. The van der Waals surface area contributed by atoms with E-state index < -0.39 is 0 Å². The maximum absolute atomic E-state index is 12.0. The number of nitrogens with two attached hydrogens (primary N) is 1. The van der Waals surface area contributed by atoms with Crippen molar-refractivity contribution in [3.05, 3.63) is 65.0 Å². The Labute approximate surface area is 123 Å². The Balaban J connectivity index is 2.03. The third kappa shape index (κ3) is 3.61. The molecule has 0 saturated carbocycles. The zero-order valence-electron chi connectivity index (χ0n) is 11.1. The molecule has 0 spiro atoms. The van der Waals surface area contributed by atoms with Crippen molar-refractivity contribution in [1.82, 2.24) is 10.3 Å². The molecule has 0 unspecified atom stereocenters. The van der Waals surface area contributed by atoms with Crippen LogP contribution in [0.1, 0.15) is 27.2 Å². The number of rotatable bonds is 4. The number of benzene rings is 1. The molecule has 4 nitrogen and oxygen atoms in total. The fraction of sp³-hybridized carbons (Fsp3) is 0.133. The molecule has 0 aliphatic carbocycles. The minimum absolute atomic E-state index is 0.128. The van der Waals surface area contributed by atoms with Crippen LogP contribution in [-0.4, -0.2) is 15.9 Å². The Hall–Kier alpha value is -2.27. The van der Waals surface area contributed by atoms with Crippen molar-refractivity contribution in [1.29, 1.82) is 0 Å². The lowest BCUT2D eigenvalue weighted by molar-refractivity contribution is 0.0950. The van der Waals surface area contributed by atoms with Gasteiger partial charge in [-0.15, -0.1) is 0 Å². The number of nitrogens with one attached hydrogen (secondary N) is 1. The molecule has 1 aromatic heterocycles. The van der Waals surface area contributed by atoms with Crippen molar-refractivity contribution in [2.24, 2.45) is 5.73 Å². The van der Waals surface area contributed by atoms with Crippen molar-refractivity contribution in [3.63, 3.8) is 0 Å². The van der Waals surface area contributed by atoms with Gasteiger partial charge in [0.15, 0.2) is 0 Å². The molecule has 5 heteroatoms. The lowest BCUT2D eigenvalue weighted by atomic mass is 10.1. The van der Waals surface area contributed by atoms with Crippen LogP contribution in [0.5, 0.6) is 0 Å². The summed E-state index contributed by atoms with van der Waals surface area (Å²) in [6.07, 6.45) is 1.62. The SMILES string of the molecule is Cc1cc(C(=O)NCc2cccc(C(N)=S)c2)ccn1. The zero-order chi connectivity index (χ0) is 14.5. The fourth-order valence-electron chi connectivity index (χ4n) is 1.81. The highest BCUT2D eigenvalue weighted by Gasteiger charge is 2.06. The molecule has 1 amide bonds. The van der Waals surface area contributed by atoms with Crippen molar-refractivity contribution in [3.8, 4) is 0 Å². The molecule has 0 fully saturated rings. The first-order chi connectivity index (χ1) is 9.56. The second kappa shape index (κ2) is 6.25. The van der Waals surface area contributed by atoms with Gasteiger partial charge in [0, 0.05) is 29.6 Å². The van der Waals surface area contributed by atoms with Crippen molar-refractivity contribution < 1.29 is 4.79 Å². The molecule has 1 heterocycles. The second-order valence-corrected chi connectivity index (χ2v) is 4.87. The van der Waals surface area contributed by atoms with E-state index in [0.29, 0.717) is 17.1 Å². The number of pyridine rings is 1. The largest absolute Gasteiger partial charge is 0.389 e. The summed E-state index contributed by atoms with van der Waals surface area (Å²) in [6.45, 7) is 2.28. The van der Waals surface area contributed by atoms with E-state index in [1.165, 1.54) is 0 Å². The Morgan fingerprint density at radius 1 is 1.30 bits per heavy atom. The highest BCUT2D eigenvalue weighted by atomic mass is 32.1. The molecular formula is C15H15N3OS. The predicted octanol–water partition coefficient (Wildman–Crippen LogP) is 1.95. The maximum Gasteiger partial charge on any atom is 0.251 e. The van der Waals surface area contributed by atoms with Crippen LogP contribution in [0.15, 0.2) is 42.6 Å². The highest BCUT2D eigenvalue weighted by molar-refractivity contribution is 7.80. The second-order valence-electron chi connectivity index (χ2n) is 4.43. The molecule has 0 saturated heterocycles. The van der Waals surface area contributed by atoms with Gasteiger partial charge in [0.2, 0.25) is 0 Å². The number of hydrogen-bond donors (Lipinski definition) is 2. The predicted molar refractivity (Wildman–Crippen MR) is 82.5 cm³/mol. The summed E-state index contributed by atoms with van der Waals surface area (Å²) in [4.78, 5) is 16.4. The van der Waals surface area contributed by atoms with Crippen LogP contribution in [0, 0.1) is 6.92 Å². The van der Waals surface area contributed by atoms with E-state index in [4.69, 9.17) is 18.0 Å². The van der Waals surface area contributed by atoms with E-state index in [1.54, 1.807) is 18.3 Å². The van der Waals surface area contributed by atoms with Gasteiger partial charge >= 0.3 is 0 Å². The molecule has 102 valence electrons. The number of carbonyl (C=O) groups excluding carboxylic acids is 1. The number of thiocarbonyl (C=S) groups is 1. The maximum atomic E-state index is 12.0. The number of hydrogen-bond acceptors (Lipinski definition) is 3. The van der Waals surface area contributed by atoms with Gasteiger partial charge in [-0.05, 0) is 30.7 Å². The van der Waals surface area contributed by atoms with Crippen LogP contribution in [0.2, 0.25) is 0 Å². The van der Waals surface area contributed by atoms with Crippen molar-refractivity contribution in [2.75, 3.05) is 0 Å². The van der Waals surface area contributed by atoms with E-state index in [9.17, 15) is 4.79 Å². The Morgan fingerprint density at radius 3 is 2.80 bits per heavy atom. The molecule has 0 radical (unpaired) electrons. The Morgan fingerprint density at radius 2 is 2.10 bits per heavy atom. The Kier molecular flexibility index (Phi) is 4.42. The first kappa shape index (κ1) is 14.1. The van der Waals surface area contributed by atoms with Gasteiger partial charge in [0.05, 0.1) is 0 Å². The number of amides is 1. The number of nitrogens with zero attached hydrogens (tertiary/aromatic N) is 1. The summed E-state index contributed by atoms with van der Waals surface area (Å²) in [5.41, 5.74) is 8.75. The van der Waals surface area contributed by atoms with Gasteiger partial charge in [-0.3, -0.25) is 9.78 Å². The first-order valence-electron chi connectivity index (χ1n) is 6.16. The molecule has 0 aliphatic rings. The van der Waals surface area contributed by atoms with Crippen molar-refractivity contribution in [2.45, 2.75) is 13.5 Å². The van der Waals surface area contributed by atoms with Crippen LogP contribution in [0.4, 0.5) is 0 Å². The van der Waals surface area contributed by atoms with E-state index in [1.807, 2.05) is 31.2 Å². The molecule has 3 N–H and O–H groups in total. The van der Waals surface area contributed by atoms with E-state index in [0.717, 1.165) is 16.8 Å². The summed E-state index contributed by atoms with van der Waals surface area (Å²) in [7, 11) is 0. The highest BCUT2D eigenvalue weighted by Crippen LogP contribution is 2.06. The van der Waals surface area contributed by atoms with Crippen molar-refractivity contribution >= 4 is 23.1 Å². The van der Waals surface area contributed by atoms with Gasteiger partial charge in [-0.25, -0.2) is 0 Å². The number of aromatic nitrogens is 1. The van der Waals surface area contributed by atoms with Crippen LogP contribution in [0.25, 0.3) is 0 Å². The summed E-state index contributed by atoms with van der Waals surface area (Å²) in [6, 6.07) is 10.9. The summed E-state index contributed by atoms with van der Waals surface area (Å²) in [5, 5.41) is 2.86. The smallest absolute Gasteiger partial charge is 0.251 e. The molecule has 1 aromatic carbocycles. The fourth-order valence-corrected chi connectivity index (χ4v) is 1.93. The molecule has 0 bridgehead atoms. The van der Waals surface area contributed by atoms with Gasteiger partial charge in [0.1, 0.15) is 4.99 Å². The van der Waals surface area contributed by atoms with Gasteiger partial charge in [-0.2, -0.15) is 0 Å². The van der Waals surface area contributed by atoms with Crippen LogP contribution < -0.4 is 11.1 Å². The third-order valence-corrected chi connectivity index (χ3v) is 3.06. The normalized spacial score (nSPS) is 10.1. The first-order valence-corrected chi connectivity index (χ1v) is 6.56. The average Bonchev–Trinajstić information content (AvgIpc) is 2.45. The third-order valence-electron chi connectivity index (χ3n) is 2.82. The lowest BCUT2D eigenvalue weighted by Crippen LogP contribution is -2.23. The molecule has 2 aromatic rings. The van der Waals surface area contributed by atoms with E-state index in [2.05, 4.69) is 10.3 Å². The summed E-state index contributed by atoms with van der Waals surface area (Å²) >= 11 is 4.93. The van der Waals surface area contributed by atoms with E-state index in [-0.39, 0.29) is 5.91 Å².